The molecule has 22 heavy (non-hydrogen) atoms. The number of methoxy groups -OCH3 is 1. The molecule has 0 spiro atoms. The van der Waals surface area contributed by atoms with Gasteiger partial charge in [0.25, 0.3) is 5.91 Å². The fourth-order valence-electron chi connectivity index (χ4n) is 1.77. The molecular weight excluding hydrogens is 348 g/mol. The fourth-order valence-corrected chi connectivity index (χ4v) is 2.15. The number of hydrogen-bond donors (Lipinski definition) is 2. The Morgan fingerprint density at radius 2 is 2.14 bits per heavy atom. The maximum atomic E-state index is 12.0. The lowest BCUT2D eigenvalue weighted by Crippen LogP contribution is -2.17. The van der Waals surface area contributed by atoms with Gasteiger partial charge in [-0.05, 0) is 36.8 Å². The van der Waals surface area contributed by atoms with Crippen LogP contribution in [0.5, 0.6) is 11.5 Å². The van der Waals surface area contributed by atoms with Gasteiger partial charge < -0.3 is 9.84 Å². The molecule has 2 rings (SSSR count). The highest BCUT2D eigenvalue weighted by molar-refractivity contribution is 9.10. The van der Waals surface area contributed by atoms with Crippen LogP contribution in [0.25, 0.3) is 0 Å². The molecule has 0 aromatic heterocycles. The summed E-state index contributed by atoms with van der Waals surface area (Å²) in [4.78, 5) is 12.0. The number of aromatic hydroxyl groups is 1. The first kappa shape index (κ1) is 16.0. The number of amides is 1. The van der Waals surface area contributed by atoms with E-state index in [4.69, 9.17) is 4.74 Å². The minimum absolute atomic E-state index is 0.0268. The number of carbonyl (C=O) groups is 1. The van der Waals surface area contributed by atoms with E-state index in [9.17, 15) is 9.90 Å². The van der Waals surface area contributed by atoms with Crippen molar-refractivity contribution in [2.75, 3.05) is 7.11 Å². The Bertz CT molecular complexity index is 729. The van der Waals surface area contributed by atoms with E-state index in [-0.39, 0.29) is 11.7 Å². The molecule has 0 unspecified atom stereocenters. The molecule has 0 saturated heterocycles. The second kappa shape index (κ2) is 7.09. The van der Waals surface area contributed by atoms with Gasteiger partial charge in [-0.2, -0.15) is 5.10 Å². The predicted molar refractivity (Wildman–Crippen MR) is 88.6 cm³/mol. The van der Waals surface area contributed by atoms with Gasteiger partial charge in [-0.1, -0.05) is 28.1 Å². The van der Waals surface area contributed by atoms with Crippen LogP contribution in [0.1, 0.15) is 21.5 Å². The van der Waals surface area contributed by atoms with Crippen LogP contribution in [-0.2, 0) is 0 Å². The molecule has 2 aromatic carbocycles. The van der Waals surface area contributed by atoms with E-state index in [0.717, 1.165) is 10.0 Å². The summed E-state index contributed by atoms with van der Waals surface area (Å²) in [5, 5.41) is 13.8. The second-order valence-corrected chi connectivity index (χ2v) is 5.42. The number of phenolic OH excluding ortho intramolecular Hbond substituents is 1. The summed E-state index contributed by atoms with van der Waals surface area (Å²) in [5.41, 5.74) is 4.40. The quantitative estimate of drug-likeness (QED) is 0.647. The Balaban J connectivity index is 2.09. The largest absolute Gasteiger partial charge is 0.504 e. The Labute approximate surface area is 136 Å². The molecule has 0 aliphatic carbocycles. The summed E-state index contributed by atoms with van der Waals surface area (Å²) in [6.07, 6.45) is 1.36. The van der Waals surface area contributed by atoms with Gasteiger partial charge in [0.1, 0.15) is 0 Å². The molecule has 0 fully saturated rings. The monoisotopic (exact) mass is 362 g/mol. The van der Waals surface area contributed by atoms with Crippen molar-refractivity contribution < 1.29 is 14.6 Å². The van der Waals surface area contributed by atoms with E-state index < -0.39 is 0 Å². The number of rotatable bonds is 4. The first-order valence-corrected chi connectivity index (χ1v) is 7.27. The van der Waals surface area contributed by atoms with E-state index in [1.165, 1.54) is 13.3 Å². The maximum absolute atomic E-state index is 12.0. The number of hydrogen-bond acceptors (Lipinski definition) is 4. The van der Waals surface area contributed by atoms with Gasteiger partial charge in [0.05, 0.1) is 13.3 Å². The number of aryl methyl sites for hydroxylation is 1. The molecule has 2 N–H and O–H groups in total. The molecule has 0 atom stereocenters. The summed E-state index contributed by atoms with van der Waals surface area (Å²) < 4.78 is 5.86. The van der Waals surface area contributed by atoms with Crippen molar-refractivity contribution in [3.63, 3.8) is 0 Å². The molecule has 0 saturated carbocycles. The van der Waals surface area contributed by atoms with Crippen molar-refractivity contribution in [2.24, 2.45) is 5.10 Å². The van der Waals surface area contributed by atoms with Crippen LogP contribution >= 0.6 is 15.9 Å². The first-order chi connectivity index (χ1) is 10.5. The molecule has 0 aliphatic heterocycles. The number of nitrogens with one attached hydrogen (secondary N) is 1. The van der Waals surface area contributed by atoms with Gasteiger partial charge in [-0.15, -0.1) is 0 Å². The lowest BCUT2D eigenvalue weighted by molar-refractivity contribution is 0.0955. The third-order valence-corrected chi connectivity index (χ3v) is 3.91. The van der Waals surface area contributed by atoms with E-state index in [2.05, 4.69) is 26.5 Å². The molecule has 0 bridgehead atoms. The summed E-state index contributed by atoms with van der Waals surface area (Å²) in [6.45, 7) is 1.94. The van der Waals surface area contributed by atoms with Crippen molar-refractivity contribution in [2.45, 2.75) is 6.92 Å². The van der Waals surface area contributed by atoms with Crippen molar-refractivity contribution in [3.8, 4) is 11.5 Å². The van der Waals surface area contributed by atoms with E-state index in [1.807, 2.05) is 13.0 Å². The van der Waals surface area contributed by atoms with Crippen LogP contribution in [0, 0.1) is 6.92 Å². The van der Waals surface area contributed by atoms with Gasteiger partial charge in [-0.25, -0.2) is 5.43 Å². The summed E-state index contributed by atoms with van der Waals surface area (Å²) >= 11 is 3.38. The smallest absolute Gasteiger partial charge is 0.271 e. The molecule has 114 valence electrons. The predicted octanol–water partition coefficient (Wildman–Crippen LogP) is 3.24. The SMILES string of the molecule is COc1cccc(/C=N/NC(=O)c2ccc(C)c(Br)c2)c1O. The average molecular weight is 363 g/mol. The van der Waals surface area contributed by atoms with Crippen molar-refractivity contribution in [1.29, 1.82) is 0 Å². The van der Waals surface area contributed by atoms with E-state index in [1.54, 1.807) is 30.3 Å². The number of benzene rings is 2. The minimum atomic E-state index is -0.334. The molecule has 5 nitrogen and oxygen atoms in total. The van der Waals surface area contributed by atoms with E-state index in [0.29, 0.717) is 16.9 Å². The topological polar surface area (TPSA) is 70.9 Å². The highest BCUT2D eigenvalue weighted by atomic mass is 79.9. The van der Waals surface area contributed by atoms with Gasteiger partial charge in [0.2, 0.25) is 0 Å². The number of hydrazone groups is 1. The number of halogens is 1. The summed E-state index contributed by atoms with van der Waals surface area (Å²) in [7, 11) is 1.47. The summed E-state index contributed by atoms with van der Waals surface area (Å²) in [5.74, 6) is -0.0156. The zero-order valence-electron chi connectivity index (χ0n) is 12.1. The van der Waals surface area contributed by atoms with Crippen LogP contribution in [0.2, 0.25) is 0 Å². The van der Waals surface area contributed by atoms with Gasteiger partial charge in [0, 0.05) is 15.6 Å². The highest BCUT2D eigenvalue weighted by Gasteiger charge is 2.07. The second-order valence-electron chi connectivity index (χ2n) is 4.56. The van der Waals surface area contributed by atoms with Gasteiger partial charge in [0.15, 0.2) is 11.5 Å². The lowest BCUT2D eigenvalue weighted by Gasteiger charge is -2.05. The zero-order chi connectivity index (χ0) is 16.1. The highest BCUT2D eigenvalue weighted by Crippen LogP contribution is 2.27. The Morgan fingerprint density at radius 3 is 2.82 bits per heavy atom. The van der Waals surface area contributed by atoms with E-state index >= 15 is 0 Å². The van der Waals surface area contributed by atoms with Crippen LogP contribution in [0.3, 0.4) is 0 Å². The average Bonchev–Trinajstić information content (AvgIpc) is 2.51. The van der Waals surface area contributed by atoms with Gasteiger partial charge >= 0.3 is 0 Å². The Morgan fingerprint density at radius 1 is 1.36 bits per heavy atom. The molecule has 0 heterocycles. The van der Waals surface area contributed by atoms with Crippen molar-refractivity contribution in [3.05, 3.63) is 57.6 Å². The third-order valence-electron chi connectivity index (χ3n) is 3.05. The number of ether oxygens (including phenoxy) is 1. The van der Waals surface area contributed by atoms with Crippen molar-refractivity contribution in [1.82, 2.24) is 5.43 Å². The molecule has 1 amide bonds. The number of para-hydroxylation sites is 1. The molecule has 0 radical (unpaired) electrons. The Kier molecular flexibility index (Phi) is 5.16. The third kappa shape index (κ3) is 3.65. The van der Waals surface area contributed by atoms with Gasteiger partial charge in [-0.3, -0.25) is 4.79 Å². The molecule has 6 heteroatoms. The van der Waals surface area contributed by atoms with Crippen LogP contribution in [-0.4, -0.2) is 24.3 Å². The minimum Gasteiger partial charge on any atom is -0.504 e. The first-order valence-electron chi connectivity index (χ1n) is 6.48. The summed E-state index contributed by atoms with van der Waals surface area (Å²) in [6, 6.07) is 10.3. The molecular formula is C16H15BrN2O3. The maximum Gasteiger partial charge on any atom is 0.271 e. The molecule has 2 aromatic rings. The van der Waals surface area contributed by atoms with Crippen LogP contribution in [0.4, 0.5) is 0 Å². The Hall–Kier alpha value is -2.34. The van der Waals surface area contributed by atoms with Crippen LogP contribution < -0.4 is 10.2 Å². The van der Waals surface area contributed by atoms with Crippen molar-refractivity contribution >= 4 is 28.1 Å². The zero-order valence-corrected chi connectivity index (χ0v) is 13.7. The fraction of sp³-hybridized carbons (Fsp3) is 0.125. The normalized spacial score (nSPS) is 10.7. The number of phenols is 1. The lowest BCUT2D eigenvalue weighted by atomic mass is 10.1. The van der Waals surface area contributed by atoms with Crippen LogP contribution in [0.15, 0.2) is 46.0 Å². The standard InChI is InChI=1S/C16H15BrN2O3/c1-10-6-7-11(8-13(10)17)16(21)19-18-9-12-4-3-5-14(22-2)15(12)20/h3-9,20H,1-2H3,(H,19,21)/b18-9+. The number of carbonyl (C=O) groups excluding carboxylic acids is 1. The molecule has 0 aliphatic rings. The number of nitrogens with zero attached hydrogens (tertiary/aromatic N) is 1.